The zero-order valence-corrected chi connectivity index (χ0v) is 27.4. The Morgan fingerprint density at radius 1 is 0.979 bits per heavy atom. The first kappa shape index (κ1) is 33.5. The standard InChI is InChI=1S/C35H36ClNO10/c1-18-14-24(39)29(33(41)35(18)34(42)30-26(45-4)17-27(46-5)31(36)32(30)47-35)22(20-8-11-23(38)25(15-20)44-3)16-28(40)37-13-12-19-6-9-21(43-2)10-7-19/h6-11,15,17-18,22,38,41H,12-14,16H2,1-5H3,(H,37,40). The number of aliphatic hydroxyl groups excluding tert-OH is 1. The van der Waals surface area contributed by atoms with E-state index in [9.17, 15) is 24.6 Å². The number of aromatic hydroxyl groups is 1. The van der Waals surface area contributed by atoms with Gasteiger partial charge in [-0.05, 0) is 41.8 Å². The highest BCUT2D eigenvalue weighted by atomic mass is 35.5. The van der Waals surface area contributed by atoms with Crippen LogP contribution in [0.15, 0.2) is 59.9 Å². The SMILES string of the molecule is COc1ccc(CCNC(=O)CC(C2=C(O)C3(Oc4c(Cl)c(OC)cc(OC)c4C3=O)C(C)CC2=O)c2ccc(O)c(OC)c2)cc1. The Morgan fingerprint density at radius 3 is 2.30 bits per heavy atom. The molecule has 3 aromatic carbocycles. The number of rotatable bonds is 11. The fraction of sp³-hybridized carbons (Fsp3) is 0.343. The quantitative estimate of drug-likeness (QED) is 0.245. The highest BCUT2D eigenvalue weighted by molar-refractivity contribution is 6.35. The summed E-state index contributed by atoms with van der Waals surface area (Å²) in [6.07, 6.45) is 0.0831. The number of phenolic OH excluding ortho intramolecular Hbond substituents is 1. The number of fused-ring (bicyclic) bond motifs is 1. The summed E-state index contributed by atoms with van der Waals surface area (Å²) < 4.78 is 27.6. The molecule has 47 heavy (non-hydrogen) atoms. The lowest BCUT2D eigenvalue weighted by atomic mass is 9.69. The summed E-state index contributed by atoms with van der Waals surface area (Å²) in [4.78, 5) is 41.5. The molecule has 11 nitrogen and oxygen atoms in total. The van der Waals surface area contributed by atoms with Crippen LogP contribution >= 0.6 is 11.6 Å². The van der Waals surface area contributed by atoms with Crippen LogP contribution in [0.5, 0.6) is 34.5 Å². The number of hydrogen-bond donors (Lipinski definition) is 3. The van der Waals surface area contributed by atoms with E-state index in [2.05, 4.69) is 5.32 Å². The van der Waals surface area contributed by atoms with E-state index in [1.165, 1.54) is 45.6 Å². The molecule has 1 heterocycles. The van der Waals surface area contributed by atoms with Gasteiger partial charge in [-0.3, -0.25) is 14.4 Å². The van der Waals surface area contributed by atoms with Gasteiger partial charge in [0, 0.05) is 42.9 Å². The molecule has 12 heteroatoms. The van der Waals surface area contributed by atoms with Crippen molar-refractivity contribution in [3.63, 3.8) is 0 Å². The fourth-order valence-electron chi connectivity index (χ4n) is 6.23. The van der Waals surface area contributed by atoms with Crippen molar-refractivity contribution in [2.24, 2.45) is 5.92 Å². The van der Waals surface area contributed by atoms with E-state index >= 15 is 0 Å². The minimum Gasteiger partial charge on any atom is -0.507 e. The molecule has 0 saturated carbocycles. The predicted octanol–water partition coefficient (Wildman–Crippen LogP) is 5.35. The lowest BCUT2D eigenvalue weighted by Gasteiger charge is -2.38. The molecular formula is C35H36ClNO10. The number of hydrogen-bond acceptors (Lipinski definition) is 10. The van der Waals surface area contributed by atoms with Gasteiger partial charge in [-0.1, -0.05) is 36.7 Å². The van der Waals surface area contributed by atoms with Gasteiger partial charge in [-0.15, -0.1) is 0 Å². The van der Waals surface area contributed by atoms with Crippen LogP contribution in [-0.2, 0) is 16.0 Å². The number of ether oxygens (including phenoxy) is 5. The number of nitrogens with one attached hydrogen (secondary N) is 1. The van der Waals surface area contributed by atoms with Crippen LogP contribution in [0.25, 0.3) is 0 Å². The molecule has 3 aromatic rings. The molecule has 0 aromatic heterocycles. The lowest BCUT2D eigenvalue weighted by molar-refractivity contribution is -0.121. The van der Waals surface area contributed by atoms with Gasteiger partial charge in [0.2, 0.25) is 17.3 Å². The van der Waals surface area contributed by atoms with Crippen molar-refractivity contribution in [3.05, 3.63) is 81.6 Å². The maximum atomic E-state index is 14.3. The summed E-state index contributed by atoms with van der Waals surface area (Å²) in [5, 5.41) is 25.2. The Kier molecular flexibility index (Phi) is 9.58. The normalized spacial score (nSPS) is 19.2. The summed E-state index contributed by atoms with van der Waals surface area (Å²) in [6, 6.07) is 13.3. The molecule has 0 saturated heterocycles. The lowest BCUT2D eigenvalue weighted by Crippen LogP contribution is -2.53. The van der Waals surface area contributed by atoms with Crippen molar-refractivity contribution in [1.82, 2.24) is 5.32 Å². The van der Waals surface area contributed by atoms with Gasteiger partial charge in [0.15, 0.2) is 28.8 Å². The van der Waals surface area contributed by atoms with E-state index in [0.29, 0.717) is 18.5 Å². The average Bonchev–Trinajstić information content (AvgIpc) is 3.38. The summed E-state index contributed by atoms with van der Waals surface area (Å²) in [5.41, 5.74) is -0.815. The molecule has 5 rings (SSSR count). The topological polar surface area (TPSA) is 150 Å². The predicted molar refractivity (Wildman–Crippen MR) is 172 cm³/mol. The molecular weight excluding hydrogens is 630 g/mol. The fourth-order valence-corrected chi connectivity index (χ4v) is 6.50. The number of methoxy groups -OCH3 is 4. The molecule has 1 aliphatic carbocycles. The van der Waals surface area contributed by atoms with E-state index in [1.807, 2.05) is 24.3 Å². The first-order valence-electron chi connectivity index (χ1n) is 14.9. The number of Topliss-reactive ketones (excluding diaryl/α,β-unsaturated/α-hetero) is 2. The summed E-state index contributed by atoms with van der Waals surface area (Å²) in [7, 11) is 5.72. The van der Waals surface area contributed by atoms with Crippen LogP contribution in [0.1, 0.15) is 47.2 Å². The molecule has 0 fully saturated rings. The van der Waals surface area contributed by atoms with Crippen molar-refractivity contribution in [2.45, 2.75) is 37.7 Å². The second kappa shape index (κ2) is 13.4. The van der Waals surface area contributed by atoms with Gasteiger partial charge < -0.3 is 39.2 Å². The van der Waals surface area contributed by atoms with Gasteiger partial charge in [-0.25, -0.2) is 0 Å². The van der Waals surface area contributed by atoms with Crippen LogP contribution in [0.3, 0.4) is 0 Å². The number of allylic oxidation sites excluding steroid dienone is 1. The molecule has 3 N–H and O–H groups in total. The van der Waals surface area contributed by atoms with Crippen LogP contribution < -0.4 is 29.0 Å². The largest absolute Gasteiger partial charge is 0.507 e. The molecule has 0 radical (unpaired) electrons. The van der Waals surface area contributed by atoms with Crippen molar-refractivity contribution in [1.29, 1.82) is 0 Å². The Labute approximate surface area is 277 Å². The minimum absolute atomic E-state index is 0.00281. The molecule has 1 spiro atoms. The van der Waals surface area contributed by atoms with Crippen LogP contribution in [0.2, 0.25) is 5.02 Å². The number of phenols is 1. The van der Waals surface area contributed by atoms with E-state index in [0.717, 1.165) is 11.3 Å². The number of aliphatic hydroxyl groups is 1. The molecule has 3 unspecified atom stereocenters. The molecule has 248 valence electrons. The Balaban J connectivity index is 1.55. The number of benzene rings is 3. The zero-order chi connectivity index (χ0) is 34.0. The highest BCUT2D eigenvalue weighted by Gasteiger charge is 2.61. The first-order chi connectivity index (χ1) is 22.5. The van der Waals surface area contributed by atoms with E-state index in [1.54, 1.807) is 14.0 Å². The highest BCUT2D eigenvalue weighted by Crippen LogP contribution is 2.56. The number of carbonyl (C=O) groups is 3. The van der Waals surface area contributed by atoms with Gasteiger partial charge in [-0.2, -0.15) is 0 Å². The average molecular weight is 666 g/mol. The Bertz CT molecular complexity index is 1750. The maximum Gasteiger partial charge on any atom is 0.231 e. The molecule has 2 aliphatic rings. The van der Waals surface area contributed by atoms with Gasteiger partial charge in [0.1, 0.15) is 27.8 Å². The maximum absolute atomic E-state index is 14.3. The minimum atomic E-state index is -2.03. The van der Waals surface area contributed by atoms with Gasteiger partial charge >= 0.3 is 0 Å². The van der Waals surface area contributed by atoms with Crippen LogP contribution in [0, 0.1) is 5.92 Å². The third kappa shape index (κ3) is 5.91. The molecule has 3 atom stereocenters. The zero-order valence-electron chi connectivity index (χ0n) is 26.6. The monoisotopic (exact) mass is 665 g/mol. The van der Waals surface area contributed by atoms with Crippen molar-refractivity contribution in [2.75, 3.05) is 35.0 Å². The van der Waals surface area contributed by atoms with E-state index in [-0.39, 0.29) is 57.7 Å². The van der Waals surface area contributed by atoms with Crippen LogP contribution in [0.4, 0.5) is 0 Å². The van der Waals surface area contributed by atoms with Crippen LogP contribution in [-0.4, -0.2) is 68.3 Å². The molecule has 0 bridgehead atoms. The van der Waals surface area contributed by atoms with Gasteiger partial charge in [0.05, 0.1) is 28.4 Å². The Hall–Kier alpha value is -4.90. The number of halogens is 1. The van der Waals surface area contributed by atoms with Crippen molar-refractivity contribution in [3.8, 4) is 34.5 Å². The van der Waals surface area contributed by atoms with E-state index in [4.69, 9.17) is 35.3 Å². The number of carbonyl (C=O) groups excluding carboxylic acids is 3. The first-order valence-corrected chi connectivity index (χ1v) is 15.3. The summed E-state index contributed by atoms with van der Waals surface area (Å²) in [6.45, 7) is 1.92. The van der Waals surface area contributed by atoms with Crippen molar-refractivity contribution < 1.29 is 48.3 Å². The smallest absolute Gasteiger partial charge is 0.231 e. The van der Waals surface area contributed by atoms with E-state index < -0.39 is 40.7 Å². The second-order valence-corrected chi connectivity index (χ2v) is 11.8. The molecule has 1 amide bonds. The summed E-state index contributed by atoms with van der Waals surface area (Å²) in [5.74, 6) is -3.08. The summed E-state index contributed by atoms with van der Waals surface area (Å²) >= 11 is 6.58. The Morgan fingerprint density at radius 2 is 1.66 bits per heavy atom. The number of ketones is 2. The second-order valence-electron chi connectivity index (χ2n) is 11.4. The third-order valence-corrected chi connectivity index (χ3v) is 9.11. The number of amides is 1. The van der Waals surface area contributed by atoms with Crippen molar-refractivity contribution >= 4 is 29.1 Å². The third-order valence-electron chi connectivity index (χ3n) is 8.75. The van der Waals surface area contributed by atoms with Gasteiger partial charge in [0.25, 0.3) is 0 Å². The molecule has 1 aliphatic heterocycles.